The molecule has 0 saturated carbocycles. The van der Waals surface area contributed by atoms with Crippen molar-refractivity contribution < 1.29 is 0 Å². The van der Waals surface area contributed by atoms with Crippen molar-refractivity contribution in [3.63, 3.8) is 0 Å². The van der Waals surface area contributed by atoms with E-state index in [1.807, 2.05) is 6.07 Å². The summed E-state index contributed by atoms with van der Waals surface area (Å²) in [5.74, 6) is 0. The summed E-state index contributed by atoms with van der Waals surface area (Å²) >= 11 is 0. The number of aromatic amines is 1. The summed E-state index contributed by atoms with van der Waals surface area (Å²) in [5.41, 5.74) is 5.75. The van der Waals surface area contributed by atoms with Gasteiger partial charge in [0.15, 0.2) is 0 Å². The summed E-state index contributed by atoms with van der Waals surface area (Å²) in [6.45, 7) is 4.32. The number of nitrogens with one attached hydrogen (secondary N) is 1. The van der Waals surface area contributed by atoms with E-state index in [-0.39, 0.29) is 0 Å². The molecule has 1 aliphatic heterocycles. The average molecular weight is 318 g/mol. The number of para-hydroxylation sites is 1. The number of benzene rings is 2. The Morgan fingerprint density at radius 3 is 2.38 bits per heavy atom. The van der Waals surface area contributed by atoms with E-state index in [2.05, 4.69) is 75.3 Å². The molecule has 0 amide bonds. The monoisotopic (exact) mass is 318 g/mol. The van der Waals surface area contributed by atoms with E-state index in [4.69, 9.17) is 0 Å². The van der Waals surface area contributed by atoms with Crippen LogP contribution in [0.1, 0.15) is 0 Å². The van der Waals surface area contributed by atoms with Gasteiger partial charge in [-0.25, -0.2) is 4.98 Å². The van der Waals surface area contributed by atoms with Crippen molar-refractivity contribution in [2.75, 3.05) is 38.1 Å². The van der Waals surface area contributed by atoms with E-state index in [9.17, 15) is 0 Å². The minimum Gasteiger partial charge on any atom is -0.368 e. The number of H-pyrrole nitrogens is 1. The van der Waals surface area contributed by atoms with Crippen LogP contribution < -0.4 is 4.90 Å². The minimum absolute atomic E-state index is 1.01. The Bertz CT molecular complexity index is 801. The van der Waals surface area contributed by atoms with Gasteiger partial charge < -0.3 is 14.8 Å². The van der Waals surface area contributed by atoms with Gasteiger partial charge in [-0.3, -0.25) is 0 Å². The molecular formula is C20H22N4. The van der Waals surface area contributed by atoms with Gasteiger partial charge in [0.1, 0.15) is 0 Å². The molecule has 1 aromatic heterocycles. The summed E-state index contributed by atoms with van der Waals surface area (Å²) in [4.78, 5) is 12.8. The summed E-state index contributed by atoms with van der Waals surface area (Å²) in [6.07, 6.45) is 1.79. The quantitative estimate of drug-likeness (QED) is 0.803. The fourth-order valence-electron chi connectivity index (χ4n) is 3.32. The van der Waals surface area contributed by atoms with Crippen LogP contribution in [-0.2, 0) is 0 Å². The smallest absolute Gasteiger partial charge is 0.0961 e. The zero-order valence-electron chi connectivity index (χ0n) is 13.9. The molecule has 122 valence electrons. The standard InChI is InChI=1S/C20H22N4/c1-23-11-13-24(14-12-23)18-10-6-5-9-17(18)20-19(21-15-22-20)16-7-3-2-4-8-16/h2-10,15H,11-14H2,1H3,(H,21,22). The van der Waals surface area contributed by atoms with Gasteiger partial charge in [-0.15, -0.1) is 0 Å². The summed E-state index contributed by atoms with van der Waals surface area (Å²) in [7, 11) is 2.19. The fourth-order valence-corrected chi connectivity index (χ4v) is 3.32. The molecule has 0 radical (unpaired) electrons. The van der Waals surface area contributed by atoms with Crippen molar-refractivity contribution in [2.24, 2.45) is 0 Å². The van der Waals surface area contributed by atoms with Crippen molar-refractivity contribution >= 4 is 5.69 Å². The highest BCUT2D eigenvalue weighted by molar-refractivity contribution is 5.85. The van der Waals surface area contributed by atoms with E-state index in [0.717, 1.165) is 43.1 Å². The molecule has 3 aromatic rings. The van der Waals surface area contributed by atoms with Crippen molar-refractivity contribution in [3.8, 4) is 22.5 Å². The van der Waals surface area contributed by atoms with Gasteiger partial charge >= 0.3 is 0 Å². The maximum Gasteiger partial charge on any atom is 0.0961 e. The number of likely N-dealkylation sites (N-methyl/N-ethyl adjacent to an activating group) is 1. The molecule has 0 unspecified atom stereocenters. The lowest BCUT2D eigenvalue weighted by Gasteiger charge is -2.35. The number of imidazole rings is 1. The van der Waals surface area contributed by atoms with Crippen LogP contribution in [0.4, 0.5) is 5.69 Å². The average Bonchev–Trinajstić information content (AvgIpc) is 3.13. The third-order valence-electron chi connectivity index (χ3n) is 4.70. The van der Waals surface area contributed by atoms with Crippen LogP contribution in [0.2, 0.25) is 0 Å². The Balaban J connectivity index is 1.75. The van der Waals surface area contributed by atoms with E-state index in [0.29, 0.717) is 0 Å². The lowest BCUT2D eigenvalue weighted by molar-refractivity contribution is 0.313. The molecule has 1 aliphatic rings. The van der Waals surface area contributed by atoms with Crippen molar-refractivity contribution in [3.05, 3.63) is 60.9 Å². The second kappa shape index (κ2) is 6.49. The highest BCUT2D eigenvalue weighted by atomic mass is 15.2. The molecule has 0 atom stereocenters. The van der Waals surface area contributed by atoms with Gasteiger partial charge in [-0.05, 0) is 13.1 Å². The Labute approximate surface area is 142 Å². The summed E-state index contributed by atoms with van der Waals surface area (Å²) < 4.78 is 0. The Kier molecular flexibility index (Phi) is 4.05. The van der Waals surface area contributed by atoms with Gasteiger partial charge in [0, 0.05) is 43.0 Å². The maximum atomic E-state index is 4.58. The number of hydrogen-bond acceptors (Lipinski definition) is 3. The molecule has 0 aliphatic carbocycles. The Hall–Kier alpha value is -2.59. The molecule has 24 heavy (non-hydrogen) atoms. The Morgan fingerprint density at radius 2 is 1.58 bits per heavy atom. The van der Waals surface area contributed by atoms with E-state index < -0.39 is 0 Å². The zero-order chi connectivity index (χ0) is 16.4. The molecule has 1 saturated heterocycles. The molecule has 4 nitrogen and oxygen atoms in total. The maximum absolute atomic E-state index is 4.58. The number of rotatable bonds is 3. The van der Waals surface area contributed by atoms with Gasteiger partial charge in [0.05, 0.1) is 17.7 Å². The number of anilines is 1. The highest BCUT2D eigenvalue weighted by Gasteiger charge is 2.20. The SMILES string of the molecule is CN1CCN(c2ccccc2-c2[nH]cnc2-c2ccccc2)CC1. The first-order chi connectivity index (χ1) is 11.8. The molecule has 4 heteroatoms. The third kappa shape index (κ3) is 2.81. The molecule has 2 heterocycles. The number of piperazine rings is 1. The van der Waals surface area contributed by atoms with Gasteiger partial charge in [-0.1, -0.05) is 48.5 Å². The number of aromatic nitrogens is 2. The molecule has 0 spiro atoms. The fraction of sp³-hybridized carbons (Fsp3) is 0.250. The molecule has 1 N–H and O–H groups in total. The van der Waals surface area contributed by atoms with Crippen LogP contribution in [0.25, 0.3) is 22.5 Å². The summed E-state index contributed by atoms with van der Waals surface area (Å²) in [6, 6.07) is 19.0. The van der Waals surface area contributed by atoms with Gasteiger partial charge in [-0.2, -0.15) is 0 Å². The second-order valence-electron chi connectivity index (χ2n) is 6.30. The zero-order valence-corrected chi connectivity index (χ0v) is 13.9. The van der Waals surface area contributed by atoms with Gasteiger partial charge in [0.25, 0.3) is 0 Å². The van der Waals surface area contributed by atoms with E-state index >= 15 is 0 Å². The molecular weight excluding hydrogens is 296 g/mol. The Morgan fingerprint density at radius 1 is 0.875 bits per heavy atom. The molecule has 0 bridgehead atoms. The first-order valence-electron chi connectivity index (χ1n) is 8.44. The third-order valence-corrected chi connectivity index (χ3v) is 4.70. The van der Waals surface area contributed by atoms with Gasteiger partial charge in [0.2, 0.25) is 0 Å². The summed E-state index contributed by atoms with van der Waals surface area (Å²) in [5, 5.41) is 0. The van der Waals surface area contributed by atoms with Crippen molar-refractivity contribution in [2.45, 2.75) is 0 Å². The second-order valence-corrected chi connectivity index (χ2v) is 6.30. The molecule has 1 fully saturated rings. The van der Waals surface area contributed by atoms with Crippen molar-refractivity contribution in [1.82, 2.24) is 14.9 Å². The normalized spacial score (nSPS) is 15.6. The first-order valence-corrected chi connectivity index (χ1v) is 8.44. The van der Waals surface area contributed by atoms with Crippen LogP contribution in [-0.4, -0.2) is 48.1 Å². The largest absolute Gasteiger partial charge is 0.368 e. The highest BCUT2D eigenvalue weighted by Crippen LogP contribution is 2.35. The molecule has 4 rings (SSSR count). The lowest BCUT2D eigenvalue weighted by Crippen LogP contribution is -2.44. The minimum atomic E-state index is 1.01. The topological polar surface area (TPSA) is 35.2 Å². The van der Waals surface area contributed by atoms with Crippen LogP contribution in [0, 0.1) is 0 Å². The van der Waals surface area contributed by atoms with Crippen LogP contribution in [0.3, 0.4) is 0 Å². The first kappa shape index (κ1) is 15.0. The van der Waals surface area contributed by atoms with Crippen LogP contribution in [0.15, 0.2) is 60.9 Å². The van der Waals surface area contributed by atoms with Crippen LogP contribution in [0.5, 0.6) is 0 Å². The predicted molar refractivity (Wildman–Crippen MR) is 99.2 cm³/mol. The lowest BCUT2D eigenvalue weighted by atomic mass is 10.0. The predicted octanol–water partition coefficient (Wildman–Crippen LogP) is 3.50. The van der Waals surface area contributed by atoms with E-state index in [1.165, 1.54) is 11.3 Å². The van der Waals surface area contributed by atoms with Crippen LogP contribution >= 0.6 is 0 Å². The number of nitrogens with zero attached hydrogens (tertiary/aromatic N) is 3. The number of hydrogen-bond donors (Lipinski definition) is 1. The van der Waals surface area contributed by atoms with E-state index in [1.54, 1.807) is 6.33 Å². The van der Waals surface area contributed by atoms with Crippen molar-refractivity contribution in [1.29, 1.82) is 0 Å². The molecule has 2 aromatic carbocycles.